The van der Waals surface area contributed by atoms with E-state index in [-0.39, 0.29) is 0 Å². The van der Waals surface area contributed by atoms with Gasteiger partial charge < -0.3 is 19.8 Å². The van der Waals surface area contributed by atoms with Gasteiger partial charge in [-0.15, -0.1) is 0 Å². The van der Waals surface area contributed by atoms with Gasteiger partial charge in [-0.3, -0.25) is 0 Å². The molecule has 23 heavy (non-hydrogen) atoms. The van der Waals surface area contributed by atoms with Gasteiger partial charge in [-0.05, 0) is 36.4 Å². The molecule has 3 N–H and O–H groups in total. The summed E-state index contributed by atoms with van der Waals surface area (Å²) in [6, 6.07) is 14.9. The highest BCUT2D eigenvalue weighted by molar-refractivity contribution is 6.02. The molecule has 0 unspecified atom stereocenters. The second-order valence-corrected chi connectivity index (χ2v) is 4.95. The zero-order valence-electron chi connectivity index (χ0n) is 12.5. The lowest BCUT2D eigenvalue weighted by Crippen LogP contribution is -1.95. The number of ether oxygens (including phenoxy) is 1. The van der Waals surface area contributed by atoms with E-state index < -0.39 is 5.97 Å². The molecule has 0 amide bonds. The fourth-order valence-corrected chi connectivity index (χ4v) is 2.51. The predicted molar refractivity (Wildman–Crippen MR) is 90.1 cm³/mol. The fourth-order valence-electron chi connectivity index (χ4n) is 2.51. The van der Waals surface area contributed by atoms with Crippen LogP contribution < -0.4 is 4.74 Å². The van der Waals surface area contributed by atoms with E-state index in [4.69, 9.17) is 9.84 Å². The standard InChI is InChI=1S/C9H7NO2.C9H9NO/c11-9(12)7-2-1-3-8-6(7)4-5-10-8;1-11-9-4-2-3-8-7(9)5-6-10-8/h1-5,10H,(H,11,12);2-6,10H,1H3. The summed E-state index contributed by atoms with van der Waals surface area (Å²) in [5.74, 6) is 0.0314. The summed E-state index contributed by atoms with van der Waals surface area (Å²) in [4.78, 5) is 16.8. The minimum Gasteiger partial charge on any atom is -0.496 e. The quantitative estimate of drug-likeness (QED) is 0.523. The molecule has 4 rings (SSSR count). The maximum Gasteiger partial charge on any atom is 0.336 e. The minimum atomic E-state index is -0.889. The van der Waals surface area contributed by atoms with Crippen molar-refractivity contribution in [2.45, 2.75) is 0 Å². The van der Waals surface area contributed by atoms with Crippen molar-refractivity contribution in [3.63, 3.8) is 0 Å². The predicted octanol–water partition coefficient (Wildman–Crippen LogP) is 4.04. The van der Waals surface area contributed by atoms with Crippen LogP contribution in [-0.4, -0.2) is 28.2 Å². The average molecular weight is 308 g/mol. The summed E-state index contributed by atoms with van der Waals surface area (Å²) in [6.07, 6.45) is 3.64. The van der Waals surface area contributed by atoms with E-state index in [1.54, 1.807) is 31.5 Å². The zero-order chi connectivity index (χ0) is 16.2. The number of methoxy groups -OCH3 is 1. The van der Waals surface area contributed by atoms with Gasteiger partial charge in [-0.2, -0.15) is 0 Å². The number of benzene rings is 2. The number of nitrogens with one attached hydrogen (secondary N) is 2. The molecule has 5 nitrogen and oxygen atoms in total. The van der Waals surface area contributed by atoms with Gasteiger partial charge in [0.05, 0.1) is 12.7 Å². The highest BCUT2D eigenvalue weighted by Gasteiger charge is 2.07. The molecule has 116 valence electrons. The van der Waals surface area contributed by atoms with Crippen molar-refractivity contribution in [2.24, 2.45) is 0 Å². The first-order valence-corrected chi connectivity index (χ1v) is 7.10. The summed E-state index contributed by atoms with van der Waals surface area (Å²) in [5.41, 5.74) is 2.31. The molecule has 4 aromatic rings. The van der Waals surface area contributed by atoms with Crippen LogP contribution in [0.5, 0.6) is 5.75 Å². The molecule has 0 saturated heterocycles. The molecule has 0 bridgehead atoms. The molecule has 2 heterocycles. The van der Waals surface area contributed by atoms with Gasteiger partial charge in [-0.25, -0.2) is 4.79 Å². The Morgan fingerprint density at radius 3 is 2.17 bits per heavy atom. The van der Waals surface area contributed by atoms with E-state index in [0.717, 1.165) is 27.6 Å². The monoisotopic (exact) mass is 308 g/mol. The number of aromatic amines is 2. The van der Waals surface area contributed by atoms with Crippen LogP contribution >= 0.6 is 0 Å². The molecule has 2 aromatic heterocycles. The molecule has 0 saturated carbocycles. The third-order valence-electron chi connectivity index (χ3n) is 3.60. The number of carboxylic acid groups (broad SMARTS) is 1. The Bertz CT molecular complexity index is 953. The van der Waals surface area contributed by atoms with E-state index in [1.165, 1.54) is 0 Å². The number of aromatic nitrogens is 2. The lowest BCUT2D eigenvalue weighted by Gasteiger charge is -1.99. The van der Waals surface area contributed by atoms with Crippen molar-refractivity contribution in [3.8, 4) is 5.75 Å². The third-order valence-corrected chi connectivity index (χ3v) is 3.60. The van der Waals surface area contributed by atoms with Crippen LogP contribution in [-0.2, 0) is 0 Å². The van der Waals surface area contributed by atoms with Crippen LogP contribution in [0.15, 0.2) is 60.9 Å². The molecule has 0 spiro atoms. The fraction of sp³-hybridized carbons (Fsp3) is 0.0556. The molecule has 0 radical (unpaired) electrons. The largest absolute Gasteiger partial charge is 0.496 e. The Morgan fingerprint density at radius 1 is 0.913 bits per heavy atom. The first kappa shape index (κ1) is 14.7. The lowest BCUT2D eigenvalue weighted by molar-refractivity contribution is 0.0699. The molecule has 0 aliphatic carbocycles. The Labute approximate surface area is 132 Å². The average Bonchev–Trinajstić information content (AvgIpc) is 3.23. The van der Waals surface area contributed by atoms with Gasteiger partial charge >= 0.3 is 5.97 Å². The van der Waals surface area contributed by atoms with Crippen molar-refractivity contribution in [3.05, 3.63) is 66.5 Å². The Hall–Kier alpha value is -3.21. The van der Waals surface area contributed by atoms with Gasteiger partial charge in [0.1, 0.15) is 5.75 Å². The maximum absolute atomic E-state index is 10.7. The second-order valence-electron chi connectivity index (χ2n) is 4.95. The molecule has 5 heteroatoms. The number of hydrogen-bond acceptors (Lipinski definition) is 2. The summed E-state index contributed by atoms with van der Waals surface area (Å²) in [7, 11) is 1.68. The molecule has 2 aromatic carbocycles. The summed E-state index contributed by atoms with van der Waals surface area (Å²) in [6.45, 7) is 0. The van der Waals surface area contributed by atoms with E-state index in [0.29, 0.717) is 5.56 Å². The van der Waals surface area contributed by atoms with Crippen molar-refractivity contribution < 1.29 is 14.6 Å². The van der Waals surface area contributed by atoms with Crippen molar-refractivity contribution >= 4 is 27.8 Å². The van der Waals surface area contributed by atoms with Crippen LogP contribution in [0.25, 0.3) is 21.8 Å². The van der Waals surface area contributed by atoms with Gasteiger partial charge in [0.15, 0.2) is 0 Å². The van der Waals surface area contributed by atoms with Gasteiger partial charge in [0, 0.05) is 34.2 Å². The number of aromatic carboxylic acids is 1. The second kappa shape index (κ2) is 6.27. The Morgan fingerprint density at radius 2 is 1.52 bits per heavy atom. The van der Waals surface area contributed by atoms with E-state index in [1.807, 2.05) is 36.5 Å². The molecule has 0 aliphatic rings. The SMILES string of the molecule is COc1cccc2[nH]ccc12.O=C(O)c1cccc2[nH]ccc12. The summed E-state index contributed by atoms with van der Waals surface area (Å²) >= 11 is 0. The third kappa shape index (κ3) is 2.89. The number of carbonyl (C=O) groups is 1. The molecule has 0 fully saturated rings. The van der Waals surface area contributed by atoms with E-state index in [2.05, 4.69) is 9.97 Å². The van der Waals surface area contributed by atoms with Crippen LogP contribution in [0.3, 0.4) is 0 Å². The van der Waals surface area contributed by atoms with E-state index in [9.17, 15) is 4.79 Å². The van der Waals surface area contributed by atoms with Crippen LogP contribution in [0.1, 0.15) is 10.4 Å². The molecule has 0 atom stereocenters. The topological polar surface area (TPSA) is 78.1 Å². The first-order chi connectivity index (χ1) is 11.2. The molecular formula is C18H16N2O3. The summed E-state index contributed by atoms with van der Waals surface area (Å²) < 4.78 is 5.17. The lowest BCUT2D eigenvalue weighted by atomic mass is 10.1. The summed E-state index contributed by atoms with van der Waals surface area (Å²) in [5, 5.41) is 10.7. The number of H-pyrrole nitrogens is 2. The van der Waals surface area contributed by atoms with Gasteiger partial charge in [0.25, 0.3) is 0 Å². The highest BCUT2D eigenvalue weighted by Crippen LogP contribution is 2.23. The zero-order valence-corrected chi connectivity index (χ0v) is 12.5. The first-order valence-electron chi connectivity index (χ1n) is 7.10. The minimum absolute atomic E-state index is 0.341. The molecule has 0 aliphatic heterocycles. The van der Waals surface area contributed by atoms with Crippen LogP contribution in [0.4, 0.5) is 0 Å². The van der Waals surface area contributed by atoms with Crippen molar-refractivity contribution in [1.82, 2.24) is 9.97 Å². The van der Waals surface area contributed by atoms with Crippen LogP contribution in [0.2, 0.25) is 0 Å². The van der Waals surface area contributed by atoms with Gasteiger partial charge in [-0.1, -0.05) is 12.1 Å². The van der Waals surface area contributed by atoms with E-state index >= 15 is 0 Å². The van der Waals surface area contributed by atoms with Gasteiger partial charge in [0.2, 0.25) is 0 Å². The normalized spacial score (nSPS) is 10.3. The highest BCUT2D eigenvalue weighted by atomic mass is 16.5. The number of hydrogen-bond donors (Lipinski definition) is 3. The number of fused-ring (bicyclic) bond motifs is 2. The number of carboxylic acids is 1. The molecular weight excluding hydrogens is 292 g/mol. The van der Waals surface area contributed by atoms with Crippen molar-refractivity contribution in [2.75, 3.05) is 7.11 Å². The smallest absolute Gasteiger partial charge is 0.336 e. The number of rotatable bonds is 2. The van der Waals surface area contributed by atoms with Crippen molar-refractivity contribution in [1.29, 1.82) is 0 Å². The Kier molecular flexibility index (Phi) is 4.01. The Balaban J connectivity index is 0.000000136. The van der Waals surface area contributed by atoms with Crippen LogP contribution in [0, 0.1) is 0 Å². The maximum atomic E-state index is 10.7.